The van der Waals surface area contributed by atoms with Crippen molar-refractivity contribution in [1.82, 2.24) is 10.6 Å². The molecule has 1 aliphatic carbocycles. The molecule has 0 atom stereocenters. The van der Waals surface area contributed by atoms with E-state index in [1.807, 2.05) is 24.3 Å². The fraction of sp³-hybridized carbons (Fsp3) is 0.588. The molecule has 0 amide bonds. The molecule has 5 nitrogen and oxygen atoms in total. The van der Waals surface area contributed by atoms with Gasteiger partial charge in [0, 0.05) is 19.6 Å². The maximum absolute atomic E-state index is 5.70. The molecule has 0 heterocycles. The zero-order valence-electron chi connectivity index (χ0n) is 13.6. The molecule has 2 N–H and O–H groups in total. The van der Waals surface area contributed by atoms with Crippen LogP contribution in [0.15, 0.2) is 29.3 Å². The molecule has 1 aromatic carbocycles. The summed E-state index contributed by atoms with van der Waals surface area (Å²) in [6.07, 6.45) is 3.59. The van der Waals surface area contributed by atoms with E-state index in [9.17, 15) is 0 Å². The lowest BCUT2D eigenvalue weighted by Crippen LogP contribution is -2.38. The predicted molar refractivity (Wildman–Crippen MR) is 89.8 cm³/mol. The Morgan fingerprint density at radius 2 is 1.91 bits per heavy atom. The molecule has 122 valence electrons. The molecule has 0 unspecified atom stereocenters. The average Bonchev–Trinajstić information content (AvgIpc) is 3.37. The summed E-state index contributed by atoms with van der Waals surface area (Å²) in [7, 11) is 1.66. The van der Waals surface area contributed by atoms with Crippen LogP contribution in [0.3, 0.4) is 0 Å². The highest BCUT2D eigenvalue weighted by atomic mass is 16.5. The molecule has 1 aliphatic rings. The zero-order valence-corrected chi connectivity index (χ0v) is 13.6. The third-order valence-corrected chi connectivity index (χ3v) is 3.49. The summed E-state index contributed by atoms with van der Waals surface area (Å²) in [6.45, 7) is 5.45. The minimum absolute atomic E-state index is 0.682. The Morgan fingerprint density at radius 3 is 2.55 bits per heavy atom. The number of aliphatic imine (C=N–C) groups is 1. The first-order valence-corrected chi connectivity index (χ1v) is 8.11. The number of ether oxygens (including phenoxy) is 2. The second kappa shape index (κ2) is 9.18. The van der Waals surface area contributed by atoms with Gasteiger partial charge < -0.3 is 20.1 Å². The Hall–Kier alpha value is -1.91. The van der Waals surface area contributed by atoms with Crippen LogP contribution in [0.25, 0.3) is 0 Å². The molecule has 5 heteroatoms. The molecule has 1 aromatic rings. The van der Waals surface area contributed by atoms with Gasteiger partial charge >= 0.3 is 0 Å². The molecule has 22 heavy (non-hydrogen) atoms. The van der Waals surface area contributed by atoms with Crippen LogP contribution < -0.4 is 20.1 Å². The van der Waals surface area contributed by atoms with Gasteiger partial charge in [0.15, 0.2) is 5.96 Å². The molecular weight excluding hydrogens is 278 g/mol. The van der Waals surface area contributed by atoms with Gasteiger partial charge in [-0.05, 0) is 56.4 Å². The second-order valence-corrected chi connectivity index (χ2v) is 5.47. The van der Waals surface area contributed by atoms with Crippen LogP contribution in [0.5, 0.6) is 11.5 Å². The van der Waals surface area contributed by atoms with Gasteiger partial charge in [-0.1, -0.05) is 0 Å². The SMILES string of the molecule is CCNC(=NCC1CC1)NCCCOc1ccc(OC)cc1. The second-order valence-electron chi connectivity index (χ2n) is 5.47. The van der Waals surface area contributed by atoms with E-state index in [4.69, 9.17) is 9.47 Å². The topological polar surface area (TPSA) is 54.9 Å². The smallest absolute Gasteiger partial charge is 0.191 e. The minimum atomic E-state index is 0.682. The summed E-state index contributed by atoms with van der Waals surface area (Å²) in [6, 6.07) is 7.66. The van der Waals surface area contributed by atoms with Crippen molar-refractivity contribution in [3.63, 3.8) is 0 Å². The van der Waals surface area contributed by atoms with Gasteiger partial charge in [0.1, 0.15) is 11.5 Å². The van der Waals surface area contributed by atoms with Crippen LogP contribution >= 0.6 is 0 Å². The first-order valence-electron chi connectivity index (χ1n) is 8.11. The predicted octanol–water partition coefficient (Wildman–Crippen LogP) is 2.43. The normalized spacial score (nSPS) is 14.5. The van der Waals surface area contributed by atoms with E-state index < -0.39 is 0 Å². The van der Waals surface area contributed by atoms with Crippen LogP contribution in [0.1, 0.15) is 26.2 Å². The third-order valence-electron chi connectivity index (χ3n) is 3.49. The van der Waals surface area contributed by atoms with E-state index in [1.165, 1.54) is 12.8 Å². The van der Waals surface area contributed by atoms with Crippen molar-refractivity contribution in [1.29, 1.82) is 0 Å². The Kier molecular flexibility index (Phi) is 6.87. The Morgan fingerprint density at radius 1 is 1.18 bits per heavy atom. The third kappa shape index (κ3) is 6.24. The highest BCUT2D eigenvalue weighted by molar-refractivity contribution is 5.79. The standard InChI is InChI=1S/C17H27N3O2/c1-3-18-17(20-13-14-5-6-14)19-11-4-12-22-16-9-7-15(21-2)8-10-16/h7-10,14H,3-6,11-13H2,1-2H3,(H2,18,19,20). The van der Waals surface area contributed by atoms with Crippen molar-refractivity contribution in [2.75, 3.05) is 33.4 Å². The highest BCUT2D eigenvalue weighted by Crippen LogP contribution is 2.28. The van der Waals surface area contributed by atoms with Crippen molar-refractivity contribution in [3.05, 3.63) is 24.3 Å². The van der Waals surface area contributed by atoms with Crippen molar-refractivity contribution in [3.8, 4) is 11.5 Å². The summed E-state index contributed by atoms with van der Waals surface area (Å²) in [4.78, 5) is 4.59. The largest absolute Gasteiger partial charge is 0.497 e. The molecule has 0 bridgehead atoms. The molecule has 0 saturated heterocycles. The first-order chi connectivity index (χ1) is 10.8. The summed E-state index contributed by atoms with van der Waals surface area (Å²) >= 11 is 0. The molecule has 2 rings (SSSR count). The van der Waals surface area contributed by atoms with Gasteiger partial charge in [-0.2, -0.15) is 0 Å². The molecule has 0 radical (unpaired) electrons. The summed E-state index contributed by atoms with van der Waals surface area (Å²) in [5.41, 5.74) is 0. The van der Waals surface area contributed by atoms with Crippen molar-refractivity contribution in [2.45, 2.75) is 26.2 Å². The van der Waals surface area contributed by atoms with Gasteiger partial charge in [0.25, 0.3) is 0 Å². The van der Waals surface area contributed by atoms with E-state index in [0.29, 0.717) is 6.61 Å². The van der Waals surface area contributed by atoms with Gasteiger partial charge in [-0.25, -0.2) is 0 Å². The maximum atomic E-state index is 5.70. The van der Waals surface area contributed by atoms with Gasteiger partial charge in [0.05, 0.1) is 13.7 Å². The molecular formula is C17H27N3O2. The van der Waals surface area contributed by atoms with Crippen LogP contribution in [0.2, 0.25) is 0 Å². The van der Waals surface area contributed by atoms with Gasteiger partial charge in [0.2, 0.25) is 0 Å². The van der Waals surface area contributed by atoms with Crippen molar-refractivity contribution in [2.24, 2.45) is 10.9 Å². The van der Waals surface area contributed by atoms with E-state index in [2.05, 4.69) is 22.5 Å². The van der Waals surface area contributed by atoms with Crippen LogP contribution in [-0.2, 0) is 0 Å². The molecule has 0 spiro atoms. The maximum Gasteiger partial charge on any atom is 0.191 e. The van der Waals surface area contributed by atoms with Crippen LogP contribution in [0.4, 0.5) is 0 Å². The number of guanidine groups is 1. The number of rotatable bonds is 9. The van der Waals surface area contributed by atoms with Gasteiger partial charge in [-0.3, -0.25) is 4.99 Å². The quantitative estimate of drug-likeness (QED) is 0.418. The van der Waals surface area contributed by atoms with E-state index in [-0.39, 0.29) is 0 Å². The van der Waals surface area contributed by atoms with Crippen molar-refractivity contribution >= 4 is 5.96 Å². The lowest BCUT2D eigenvalue weighted by Gasteiger charge is -2.11. The van der Waals surface area contributed by atoms with E-state index in [1.54, 1.807) is 7.11 Å². The number of nitrogens with one attached hydrogen (secondary N) is 2. The number of hydrogen-bond acceptors (Lipinski definition) is 3. The average molecular weight is 305 g/mol. The lowest BCUT2D eigenvalue weighted by atomic mass is 10.3. The zero-order chi connectivity index (χ0) is 15.6. The molecule has 0 aromatic heterocycles. The van der Waals surface area contributed by atoms with Crippen molar-refractivity contribution < 1.29 is 9.47 Å². The molecule has 1 saturated carbocycles. The Balaban J connectivity index is 1.60. The van der Waals surface area contributed by atoms with E-state index in [0.717, 1.165) is 49.4 Å². The Bertz CT molecular complexity index is 455. The number of benzene rings is 1. The number of hydrogen-bond donors (Lipinski definition) is 2. The first kappa shape index (κ1) is 16.5. The Labute approximate surface area is 133 Å². The van der Waals surface area contributed by atoms with Crippen LogP contribution in [0, 0.1) is 5.92 Å². The monoisotopic (exact) mass is 305 g/mol. The summed E-state index contributed by atoms with van der Waals surface area (Å²) in [5.74, 6) is 3.44. The molecule has 0 aliphatic heterocycles. The fourth-order valence-corrected chi connectivity index (χ4v) is 2.00. The van der Waals surface area contributed by atoms with Crippen LogP contribution in [-0.4, -0.2) is 39.3 Å². The minimum Gasteiger partial charge on any atom is -0.497 e. The summed E-state index contributed by atoms with van der Waals surface area (Å²) < 4.78 is 10.8. The van der Waals surface area contributed by atoms with E-state index >= 15 is 0 Å². The van der Waals surface area contributed by atoms with Gasteiger partial charge in [-0.15, -0.1) is 0 Å². The highest BCUT2D eigenvalue weighted by Gasteiger charge is 2.20. The molecule has 1 fully saturated rings. The lowest BCUT2D eigenvalue weighted by molar-refractivity contribution is 0.310. The number of nitrogens with zero attached hydrogens (tertiary/aromatic N) is 1. The fourth-order valence-electron chi connectivity index (χ4n) is 2.00. The number of methoxy groups -OCH3 is 1. The summed E-state index contributed by atoms with van der Waals surface area (Å²) in [5, 5.41) is 6.62.